The highest BCUT2D eigenvalue weighted by Crippen LogP contribution is 2.24. The summed E-state index contributed by atoms with van der Waals surface area (Å²) in [5.74, 6) is -1.57. The molecule has 0 aliphatic rings. The van der Waals surface area contributed by atoms with Crippen LogP contribution in [-0.2, 0) is 0 Å². The standard InChI is InChI=1S/C14H10BrF2NO2/c1-20-9-3-4-10(12(17)7-9)14(19)18-13-6-8(16)2-5-11(13)15/h2-7H,1H3,(H,18,19). The summed E-state index contributed by atoms with van der Waals surface area (Å²) in [6.07, 6.45) is 0. The van der Waals surface area contributed by atoms with Gasteiger partial charge >= 0.3 is 0 Å². The van der Waals surface area contributed by atoms with Crippen molar-refractivity contribution >= 4 is 27.5 Å². The van der Waals surface area contributed by atoms with Crippen LogP contribution in [0.25, 0.3) is 0 Å². The first kappa shape index (κ1) is 14.5. The maximum atomic E-state index is 13.7. The van der Waals surface area contributed by atoms with E-state index in [-0.39, 0.29) is 11.3 Å². The number of amides is 1. The summed E-state index contributed by atoms with van der Waals surface area (Å²) in [6, 6.07) is 7.72. The lowest BCUT2D eigenvalue weighted by molar-refractivity contribution is 0.102. The van der Waals surface area contributed by atoms with Crippen molar-refractivity contribution in [3.05, 3.63) is 58.1 Å². The molecule has 2 rings (SSSR count). The Morgan fingerprint density at radius 3 is 2.60 bits per heavy atom. The summed E-state index contributed by atoms with van der Waals surface area (Å²) in [7, 11) is 1.40. The van der Waals surface area contributed by atoms with Gasteiger partial charge in [0.1, 0.15) is 17.4 Å². The van der Waals surface area contributed by atoms with Crippen molar-refractivity contribution in [2.24, 2.45) is 0 Å². The molecule has 0 aromatic heterocycles. The second-order valence-electron chi connectivity index (χ2n) is 3.92. The SMILES string of the molecule is COc1ccc(C(=O)Nc2cc(F)ccc2Br)c(F)c1. The number of carbonyl (C=O) groups excluding carboxylic acids is 1. The number of benzene rings is 2. The first-order valence-corrected chi connectivity index (χ1v) is 6.40. The third-order valence-electron chi connectivity index (χ3n) is 2.60. The average Bonchev–Trinajstić information content (AvgIpc) is 2.42. The summed E-state index contributed by atoms with van der Waals surface area (Å²) in [5, 5.41) is 2.44. The van der Waals surface area contributed by atoms with Gasteiger partial charge in [0.15, 0.2) is 0 Å². The molecule has 1 N–H and O–H groups in total. The van der Waals surface area contributed by atoms with Crippen molar-refractivity contribution in [2.45, 2.75) is 0 Å². The molecular weight excluding hydrogens is 332 g/mol. The van der Waals surface area contributed by atoms with Crippen LogP contribution in [0.5, 0.6) is 5.75 Å². The minimum absolute atomic E-state index is 0.151. The maximum Gasteiger partial charge on any atom is 0.258 e. The molecule has 0 bridgehead atoms. The zero-order valence-corrected chi connectivity index (χ0v) is 12.0. The highest BCUT2D eigenvalue weighted by molar-refractivity contribution is 9.10. The Kier molecular flexibility index (Phi) is 4.34. The molecule has 0 unspecified atom stereocenters. The van der Waals surface area contributed by atoms with Crippen molar-refractivity contribution in [3.8, 4) is 5.75 Å². The van der Waals surface area contributed by atoms with Crippen LogP contribution in [0.4, 0.5) is 14.5 Å². The molecule has 104 valence electrons. The Morgan fingerprint density at radius 1 is 1.20 bits per heavy atom. The number of rotatable bonds is 3. The van der Waals surface area contributed by atoms with Crippen molar-refractivity contribution in [3.63, 3.8) is 0 Å². The Hall–Kier alpha value is -1.95. The molecule has 3 nitrogen and oxygen atoms in total. The number of methoxy groups -OCH3 is 1. The molecule has 0 aliphatic heterocycles. The van der Waals surface area contributed by atoms with Gasteiger partial charge in [0.05, 0.1) is 18.4 Å². The Morgan fingerprint density at radius 2 is 1.95 bits per heavy atom. The van der Waals surface area contributed by atoms with Crippen LogP contribution >= 0.6 is 15.9 Å². The number of carbonyl (C=O) groups is 1. The van der Waals surface area contributed by atoms with Crippen LogP contribution in [0.1, 0.15) is 10.4 Å². The predicted molar refractivity (Wildman–Crippen MR) is 75.0 cm³/mol. The molecule has 0 saturated carbocycles. The molecule has 0 fully saturated rings. The molecule has 0 aliphatic carbocycles. The third-order valence-corrected chi connectivity index (χ3v) is 3.29. The number of ether oxygens (including phenoxy) is 1. The van der Waals surface area contributed by atoms with Gasteiger partial charge in [-0.2, -0.15) is 0 Å². The van der Waals surface area contributed by atoms with Crippen LogP contribution in [0, 0.1) is 11.6 Å². The predicted octanol–water partition coefficient (Wildman–Crippen LogP) is 3.99. The van der Waals surface area contributed by atoms with E-state index in [2.05, 4.69) is 21.2 Å². The third kappa shape index (κ3) is 3.14. The van der Waals surface area contributed by atoms with E-state index in [0.29, 0.717) is 10.2 Å². The molecule has 20 heavy (non-hydrogen) atoms. The fourth-order valence-electron chi connectivity index (χ4n) is 1.59. The summed E-state index contributed by atoms with van der Waals surface area (Å²) >= 11 is 3.18. The lowest BCUT2D eigenvalue weighted by Gasteiger charge is -2.09. The van der Waals surface area contributed by atoms with Crippen LogP contribution in [0.2, 0.25) is 0 Å². The number of anilines is 1. The van der Waals surface area contributed by atoms with E-state index in [0.717, 1.165) is 12.1 Å². The van der Waals surface area contributed by atoms with Crippen LogP contribution in [-0.4, -0.2) is 13.0 Å². The van der Waals surface area contributed by atoms with Crippen molar-refractivity contribution in [2.75, 3.05) is 12.4 Å². The van der Waals surface area contributed by atoms with E-state index in [1.165, 1.54) is 31.4 Å². The quantitative estimate of drug-likeness (QED) is 0.916. The number of nitrogens with one attached hydrogen (secondary N) is 1. The number of halogens is 3. The van der Waals surface area contributed by atoms with Gasteiger partial charge in [0.25, 0.3) is 5.91 Å². The minimum Gasteiger partial charge on any atom is -0.497 e. The minimum atomic E-state index is -0.714. The molecule has 1 amide bonds. The van der Waals surface area contributed by atoms with E-state index < -0.39 is 17.5 Å². The Balaban J connectivity index is 2.26. The van der Waals surface area contributed by atoms with Crippen molar-refractivity contribution in [1.82, 2.24) is 0 Å². The van der Waals surface area contributed by atoms with Gasteiger partial charge < -0.3 is 10.1 Å². The van der Waals surface area contributed by atoms with E-state index >= 15 is 0 Å². The molecule has 0 atom stereocenters. The summed E-state index contributed by atoms with van der Waals surface area (Å²) < 4.78 is 32.2. The van der Waals surface area contributed by atoms with Gasteiger partial charge in [-0.25, -0.2) is 8.78 Å². The largest absolute Gasteiger partial charge is 0.497 e. The first-order chi connectivity index (χ1) is 9.51. The monoisotopic (exact) mass is 341 g/mol. The van der Waals surface area contributed by atoms with Crippen molar-refractivity contribution in [1.29, 1.82) is 0 Å². The summed E-state index contributed by atoms with van der Waals surface area (Å²) in [5.41, 5.74) is 0.0761. The zero-order valence-electron chi connectivity index (χ0n) is 10.4. The fourth-order valence-corrected chi connectivity index (χ4v) is 1.94. The Bertz CT molecular complexity index is 662. The van der Waals surface area contributed by atoms with E-state index in [4.69, 9.17) is 4.74 Å². The van der Waals surface area contributed by atoms with Crippen LogP contribution < -0.4 is 10.1 Å². The number of hydrogen-bond donors (Lipinski definition) is 1. The second-order valence-corrected chi connectivity index (χ2v) is 4.78. The summed E-state index contributed by atoms with van der Waals surface area (Å²) in [6.45, 7) is 0. The average molecular weight is 342 g/mol. The second kappa shape index (κ2) is 6.00. The lowest BCUT2D eigenvalue weighted by Crippen LogP contribution is -2.14. The molecule has 2 aromatic carbocycles. The lowest BCUT2D eigenvalue weighted by atomic mass is 10.2. The fraction of sp³-hybridized carbons (Fsp3) is 0.0714. The van der Waals surface area contributed by atoms with E-state index in [9.17, 15) is 13.6 Å². The normalized spacial score (nSPS) is 10.2. The van der Waals surface area contributed by atoms with Gasteiger partial charge in [-0.15, -0.1) is 0 Å². The molecule has 0 spiro atoms. The van der Waals surface area contributed by atoms with Gasteiger partial charge in [-0.3, -0.25) is 4.79 Å². The smallest absolute Gasteiger partial charge is 0.258 e. The molecule has 2 aromatic rings. The topological polar surface area (TPSA) is 38.3 Å². The molecule has 0 saturated heterocycles. The highest BCUT2D eigenvalue weighted by Gasteiger charge is 2.14. The maximum absolute atomic E-state index is 13.7. The molecule has 0 radical (unpaired) electrons. The molecular formula is C14H10BrF2NO2. The molecule has 6 heteroatoms. The number of hydrogen-bond acceptors (Lipinski definition) is 2. The van der Waals surface area contributed by atoms with E-state index in [1.54, 1.807) is 0 Å². The summed E-state index contributed by atoms with van der Waals surface area (Å²) in [4.78, 5) is 12.0. The van der Waals surface area contributed by atoms with Crippen molar-refractivity contribution < 1.29 is 18.3 Å². The zero-order chi connectivity index (χ0) is 14.7. The Labute approximate surface area is 122 Å². The van der Waals surface area contributed by atoms with Crippen LogP contribution in [0.3, 0.4) is 0 Å². The van der Waals surface area contributed by atoms with Gasteiger partial charge in [0, 0.05) is 10.5 Å². The highest BCUT2D eigenvalue weighted by atomic mass is 79.9. The molecule has 0 heterocycles. The first-order valence-electron chi connectivity index (χ1n) is 5.61. The van der Waals surface area contributed by atoms with E-state index in [1.807, 2.05) is 0 Å². The van der Waals surface area contributed by atoms with Crippen LogP contribution in [0.15, 0.2) is 40.9 Å². The van der Waals surface area contributed by atoms with Gasteiger partial charge in [-0.1, -0.05) is 0 Å². The van der Waals surface area contributed by atoms with Gasteiger partial charge in [0.2, 0.25) is 0 Å². The van der Waals surface area contributed by atoms with Gasteiger partial charge in [-0.05, 0) is 46.3 Å².